The Labute approximate surface area is 99.5 Å². The summed E-state index contributed by atoms with van der Waals surface area (Å²) in [5, 5.41) is 0. The van der Waals surface area contributed by atoms with Crippen LogP contribution >= 0.6 is 0 Å². The molecule has 1 aliphatic rings. The van der Waals surface area contributed by atoms with E-state index in [1.54, 1.807) is 6.20 Å². The minimum absolute atomic E-state index is 0.481. The van der Waals surface area contributed by atoms with Gasteiger partial charge in [0.1, 0.15) is 11.5 Å². The van der Waals surface area contributed by atoms with Crippen molar-refractivity contribution in [3.05, 3.63) is 29.8 Å². The summed E-state index contributed by atoms with van der Waals surface area (Å²) in [5.41, 5.74) is 8.61. The molecule has 3 rings (SSSR count). The highest BCUT2D eigenvalue weighted by Gasteiger charge is 2.30. The van der Waals surface area contributed by atoms with Gasteiger partial charge in [0, 0.05) is 23.4 Å². The van der Waals surface area contributed by atoms with Crippen molar-refractivity contribution >= 4 is 5.82 Å². The lowest BCUT2D eigenvalue weighted by Crippen LogP contribution is -2.14. The lowest BCUT2D eigenvalue weighted by atomic mass is 10.2. The fourth-order valence-corrected chi connectivity index (χ4v) is 1.91. The molecule has 0 aromatic carbocycles. The van der Waals surface area contributed by atoms with Crippen molar-refractivity contribution in [1.29, 1.82) is 0 Å². The molecule has 5 heteroatoms. The smallest absolute Gasteiger partial charge is 0.150 e. The second-order valence-electron chi connectivity index (χ2n) is 4.54. The predicted octanol–water partition coefficient (Wildman–Crippen LogP) is 1.43. The van der Waals surface area contributed by atoms with Gasteiger partial charge in [-0.2, -0.15) is 0 Å². The van der Waals surface area contributed by atoms with Crippen LogP contribution in [-0.2, 0) is 0 Å². The molecule has 0 unspecified atom stereocenters. The second kappa shape index (κ2) is 3.48. The van der Waals surface area contributed by atoms with E-state index in [2.05, 4.69) is 9.97 Å². The average Bonchev–Trinajstić information content (AvgIpc) is 3.11. The number of hydrogen-bond donors (Lipinski definition) is 2. The monoisotopic (exact) mass is 229 g/mol. The number of nitrogens with two attached hydrogens (primary N) is 2. The molecule has 0 radical (unpaired) electrons. The second-order valence-corrected chi connectivity index (χ2v) is 4.54. The zero-order valence-electron chi connectivity index (χ0n) is 9.72. The van der Waals surface area contributed by atoms with Gasteiger partial charge in [-0.05, 0) is 31.9 Å². The molecule has 88 valence electrons. The summed E-state index contributed by atoms with van der Waals surface area (Å²) in [7, 11) is 0. The summed E-state index contributed by atoms with van der Waals surface area (Å²) < 4.78 is 1.51. The Hall–Kier alpha value is -2.04. The molecule has 0 aliphatic heterocycles. The lowest BCUT2D eigenvalue weighted by Gasteiger charge is -2.00. The molecule has 1 aliphatic carbocycles. The van der Waals surface area contributed by atoms with Crippen molar-refractivity contribution in [3.8, 4) is 11.3 Å². The summed E-state index contributed by atoms with van der Waals surface area (Å²) in [6.07, 6.45) is 4.09. The van der Waals surface area contributed by atoms with Gasteiger partial charge >= 0.3 is 0 Å². The Kier molecular flexibility index (Phi) is 2.07. The van der Waals surface area contributed by atoms with Crippen LogP contribution in [0.3, 0.4) is 0 Å². The number of nitrogen functional groups attached to an aromatic ring is 2. The molecule has 2 heterocycles. The number of rotatable bonds is 2. The Bertz CT molecular complexity index is 551. The topological polar surface area (TPSA) is 82.8 Å². The molecule has 5 nitrogen and oxygen atoms in total. The third-order valence-corrected chi connectivity index (χ3v) is 3.10. The van der Waals surface area contributed by atoms with Crippen molar-refractivity contribution in [1.82, 2.24) is 14.6 Å². The highest BCUT2D eigenvalue weighted by atomic mass is 15.4. The van der Waals surface area contributed by atoms with Crippen LogP contribution in [0.5, 0.6) is 0 Å². The molecule has 1 fully saturated rings. The number of pyridine rings is 1. The van der Waals surface area contributed by atoms with Crippen molar-refractivity contribution in [2.24, 2.45) is 0 Å². The lowest BCUT2D eigenvalue weighted by molar-refractivity contribution is 0.855. The maximum absolute atomic E-state index is 5.99. The number of aromatic nitrogens is 3. The largest absolute Gasteiger partial charge is 0.382 e. The Morgan fingerprint density at radius 3 is 2.71 bits per heavy atom. The SMILES string of the molecule is Cc1ccc(-c2nc(C3CC3)n(N)c2N)cn1. The van der Waals surface area contributed by atoms with Gasteiger partial charge in [-0.1, -0.05) is 0 Å². The summed E-state index contributed by atoms with van der Waals surface area (Å²) in [4.78, 5) is 8.79. The van der Waals surface area contributed by atoms with Gasteiger partial charge in [0.25, 0.3) is 0 Å². The van der Waals surface area contributed by atoms with Crippen LogP contribution in [0.4, 0.5) is 5.82 Å². The van der Waals surface area contributed by atoms with Crippen molar-refractivity contribution in [2.45, 2.75) is 25.7 Å². The highest BCUT2D eigenvalue weighted by molar-refractivity contribution is 5.70. The molecule has 1 saturated carbocycles. The molecule has 0 saturated heterocycles. The summed E-state index contributed by atoms with van der Waals surface area (Å²) in [5.74, 6) is 7.80. The van der Waals surface area contributed by atoms with E-state index in [1.807, 2.05) is 19.1 Å². The van der Waals surface area contributed by atoms with E-state index in [1.165, 1.54) is 4.68 Å². The summed E-state index contributed by atoms with van der Waals surface area (Å²) in [6, 6.07) is 3.92. The van der Waals surface area contributed by atoms with Gasteiger partial charge in [-0.25, -0.2) is 9.66 Å². The van der Waals surface area contributed by atoms with Crippen LogP contribution in [0.1, 0.15) is 30.3 Å². The molecule has 0 amide bonds. The van der Waals surface area contributed by atoms with E-state index in [4.69, 9.17) is 11.6 Å². The van der Waals surface area contributed by atoms with Crippen molar-refractivity contribution in [3.63, 3.8) is 0 Å². The number of hydrogen-bond acceptors (Lipinski definition) is 4. The molecule has 2 aromatic heterocycles. The van der Waals surface area contributed by atoms with Crippen LogP contribution in [-0.4, -0.2) is 14.6 Å². The van der Waals surface area contributed by atoms with E-state index >= 15 is 0 Å². The van der Waals surface area contributed by atoms with Crippen LogP contribution < -0.4 is 11.6 Å². The first-order valence-electron chi connectivity index (χ1n) is 5.73. The van der Waals surface area contributed by atoms with E-state index in [0.29, 0.717) is 11.7 Å². The van der Waals surface area contributed by atoms with E-state index in [-0.39, 0.29) is 0 Å². The first-order chi connectivity index (χ1) is 8.16. The van der Waals surface area contributed by atoms with Gasteiger partial charge in [-0.3, -0.25) is 4.98 Å². The third-order valence-electron chi connectivity index (χ3n) is 3.10. The fraction of sp³-hybridized carbons (Fsp3) is 0.333. The number of aryl methyl sites for hydroxylation is 1. The molecule has 2 aromatic rings. The summed E-state index contributed by atoms with van der Waals surface area (Å²) >= 11 is 0. The van der Waals surface area contributed by atoms with Gasteiger partial charge in [0.05, 0.1) is 0 Å². The van der Waals surface area contributed by atoms with Gasteiger partial charge in [-0.15, -0.1) is 0 Å². The predicted molar refractivity (Wildman–Crippen MR) is 66.7 cm³/mol. The highest BCUT2D eigenvalue weighted by Crippen LogP contribution is 2.41. The molecule has 0 spiro atoms. The van der Waals surface area contributed by atoms with E-state index < -0.39 is 0 Å². The first kappa shape index (κ1) is 10.1. The molecule has 0 atom stereocenters. The maximum atomic E-state index is 5.99. The Morgan fingerprint density at radius 2 is 2.12 bits per heavy atom. The van der Waals surface area contributed by atoms with Gasteiger partial charge < -0.3 is 11.6 Å². The quantitative estimate of drug-likeness (QED) is 0.763. The zero-order valence-corrected chi connectivity index (χ0v) is 9.72. The van der Waals surface area contributed by atoms with E-state index in [9.17, 15) is 0 Å². The average molecular weight is 229 g/mol. The summed E-state index contributed by atoms with van der Waals surface area (Å²) in [6.45, 7) is 1.95. The van der Waals surface area contributed by atoms with E-state index in [0.717, 1.165) is 35.6 Å². The fourth-order valence-electron chi connectivity index (χ4n) is 1.91. The Morgan fingerprint density at radius 1 is 1.35 bits per heavy atom. The van der Waals surface area contributed by atoms with Crippen LogP contribution in [0.25, 0.3) is 11.3 Å². The first-order valence-corrected chi connectivity index (χ1v) is 5.73. The minimum Gasteiger partial charge on any atom is -0.382 e. The van der Waals surface area contributed by atoms with Crippen molar-refractivity contribution in [2.75, 3.05) is 11.6 Å². The van der Waals surface area contributed by atoms with Gasteiger partial charge in [0.15, 0.2) is 5.82 Å². The zero-order chi connectivity index (χ0) is 12.0. The molecule has 4 N–H and O–H groups in total. The number of anilines is 1. The van der Waals surface area contributed by atoms with Crippen molar-refractivity contribution < 1.29 is 0 Å². The number of imidazole rings is 1. The van der Waals surface area contributed by atoms with Crippen LogP contribution in [0.2, 0.25) is 0 Å². The molecule has 0 bridgehead atoms. The minimum atomic E-state index is 0.481. The standard InChI is InChI=1S/C12H15N5/c1-7-2-3-9(6-15-7)10-11(13)17(14)12(16-10)8-4-5-8/h2-3,6,8H,4-5,13-14H2,1H3. The number of nitrogens with zero attached hydrogens (tertiary/aromatic N) is 3. The van der Waals surface area contributed by atoms with Crippen LogP contribution in [0, 0.1) is 6.92 Å². The maximum Gasteiger partial charge on any atom is 0.150 e. The molecular formula is C12H15N5. The Balaban J connectivity index is 2.08. The molecule has 17 heavy (non-hydrogen) atoms. The van der Waals surface area contributed by atoms with Gasteiger partial charge in [0.2, 0.25) is 0 Å². The third kappa shape index (κ3) is 1.63. The normalized spacial score (nSPS) is 15.1. The molecular weight excluding hydrogens is 214 g/mol. The van der Waals surface area contributed by atoms with Crippen LogP contribution in [0.15, 0.2) is 18.3 Å².